The summed E-state index contributed by atoms with van der Waals surface area (Å²) in [7, 11) is -1.57. The summed E-state index contributed by atoms with van der Waals surface area (Å²) in [6, 6.07) is 10.4. The molecule has 1 N–H and O–H groups in total. The van der Waals surface area contributed by atoms with Gasteiger partial charge < -0.3 is 5.11 Å². The van der Waals surface area contributed by atoms with Gasteiger partial charge in [0, 0.05) is 17.1 Å². The summed E-state index contributed by atoms with van der Waals surface area (Å²) in [6.07, 6.45) is -4.52. The number of fused-ring (bicyclic) bond motifs is 1. The van der Waals surface area contributed by atoms with E-state index in [0.29, 0.717) is 11.4 Å². The van der Waals surface area contributed by atoms with E-state index in [4.69, 9.17) is 5.11 Å². The van der Waals surface area contributed by atoms with Gasteiger partial charge in [-0.2, -0.15) is 13.2 Å². The van der Waals surface area contributed by atoms with E-state index in [1.165, 1.54) is 21.7 Å². The van der Waals surface area contributed by atoms with Gasteiger partial charge in [0.25, 0.3) is 0 Å². The molecule has 0 bridgehead atoms. The molecule has 9 heteroatoms. The number of hydrogen-bond acceptors (Lipinski definition) is 3. The first kappa shape index (κ1) is 21.7. The topological polar surface area (TPSA) is 40.5 Å². The lowest BCUT2D eigenvalue weighted by Crippen LogP contribution is -2.27. The van der Waals surface area contributed by atoms with Gasteiger partial charge in [-0.05, 0) is 48.1 Å². The number of aliphatic hydroxyl groups excluding tert-OH is 1. The predicted octanol–water partition coefficient (Wildman–Crippen LogP) is 5.42. The lowest BCUT2D eigenvalue weighted by atomic mass is 10.1. The number of rotatable bonds is 7. The maximum absolute atomic E-state index is 13.6. The molecule has 3 rings (SSSR count). The van der Waals surface area contributed by atoms with Crippen molar-refractivity contribution in [3.05, 3.63) is 65.0 Å². The number of hydrogen-bond donors (Lipinski definition) is 1. The van der Waals surface area contributed by atoms with E-state index in [1.54, 1.807) is 0 Å². The van der Waals surface area contributed by atoms with Crippen LogP contribution < -0.4 is 4.31 Å². The summed E-state index contributed by atoms with van der Waals surface area (Å²) < 4.78 is 68.3. The van der Waals surface area contributed by atoms with Crippen LogP contribution in [-0.2, 0) is 23.7 Å². The second-order valence-electron chi connectivity index (χ2n) is 6.48. The molecule has 0 fully saturated rings. The van der Waals surface area contributed by atoms with Gasteiger partial charge in [-0.1, -0.05) is 24.3 Å². The molecule has 0 aliphatic rings. The van der Waals surface area contributed by atoms with Crippen molar-refractivity contribution in [3.8, 4) is 0 Å². The summed E-state index contributed by atoms with van der Waals surface area (Å²) in [4.78, 5) is 0. The van der Waals surface area contributed by atoms with Gasteiger partial charge in [-0.25, -0.2) is 8.60 Å². The molecule has 0 saturated carbocycles. The maximum atomic E-state index is 13.6. The first-order chi connectivity index (χ1) is 13.7. The molecule has 156 valence electrons. The Kier molecular flexibility index (Phi) is 6.60. The number of thiophene rings is 1. The van der Waals surface area contributed by atoms with Crippen molar-refractivity contribution in [3.63, 3.8) is 0 Å². The Hall–Kier alpha value is -1.97. The van der Waals surface area contributed by atoms with E-state index in [-0.39, 0.29) is 24.5 Å². The van der Waals surface area contributed by atoms with Crippen LogP contribution >= 0.6 is 11.3 Å². The Labute approximate surface area is 172 Å². The van der Waals surface area contributed by atoms with Crippen molar-refractivity contribution in [2.75, 3.05) is 16.7 Å². The molecule has 0 amide bonds. The molecule has 0 aliphatic heterocycles. The van der Waals surface area contributed by atoms with Crippen LogP contribution in [0.3, 0.4) is 0 Å². The van der Waals surface area contributed by atoms with Gasteiger partial charge in [0.1, 0.15) is 21.8 Å². The van der Waals surface area contributed by atoms with Crippen molar-refractivity contribution in [1.29, 1.82) is 0 Å². The van der Waals surface area contributed by atoms with Crippen molar-refractivity contribution >= 4 is 37.4 Å². The maximum Gasteiger partial charge on any atom is 0.419 e. The lowest BCUT2D eigenvalue weighted by Gasteiger charge is -2.23. The number of nitrogens with zero attached hydrogens (tertiary/aromatic N) is 1. The zero-order valence-electron chi connectivity index (χ0n) is 15.5. The Bertz CT molecular complexity index is 1030. The molecule has 2 aromatic carbocycles. The van der Waals surface area contributed by atoms with E-state index in [9.17, 15) is 21.8 Å². The van der Waals surface area contributed by atoms with Gasteiger partial charge in [0.2, 0.25) is 0 Å². The van der Waals surface area contributed by atoms with E-state index in [0.717, 1.165) is 27.8 Å². The quantitative estimate of drug-likeness (QED) is 0.494. The molecule has 3 aromatic rings. The van der Waals surface area contributed by atoms with E-state index < -0.39 is 28.5 Å². The third kappa shape index (κ3) is 4.79. The highest BCUT2D eigenvalue weighted by Gasteiger charge is 2.34. The first-order valence-corrected chi connectivity index (χ1v) is 10.9. The minimum Gasteiger partial charge on any atom is -0.396 e. The fraction of sp³-hybridized carbons (Fsp3) is 0.300. The number of aryl methyl sites for hydroxylation is 1. The van der Waals surface area contributed by atoms with E-state index in [2.05, 4.69) is 0 Å². The number of anilines is 1. The van der Waals surface area contributed by atoms with Crippen LogP contribution in [0.15, 0.2) is 42.5 Å². The summed E-state index contributed by atoms with van der Waals surface area (Å²) in [5.41, 5.74) is -0.266. The second kappa shape index (κ2) is 8.81. The van der Waals surface area contributed by atoms with Crippen LogP contribution in [0, 0.1) is 12.7 Å². The smallest absolute Gasteiger partial charge is 0.396 e. The fourth-order valence-corrected chi connectivity index (χ4v) is 5.68. The molecule has 0 aliphatic carbocycles. The lowest BCUT2D eigenvalue weighted by molar-refractivity contribution is -0.140. The van der Waals surface area contributed by atoms with Gasteiger partial charge in [-0.15, -0.1) is 11.3 Å². The van der Waals surface area contributed by atoms with Crippen LogP contribution in [0.2, 0.25) is 0 Å². The Balaban J connectivity index is 2.03. The number of aliphatic hydroxyl groups is 1. The molecule has 0 radical (unpaired) electrons. The molecule has 0 saturated heterocycles. The SMILES string of the molecule is Cc1c(N(Cc2ccc(F)c(C(F)(F)F)c2)S(=O)CCCO)sc2ccccc12. The molecular weight excluding hydrogens is 426 g/mol. The largest absolute Gasteiger partial charge is 0.419 e. The normalized spacial score (nSPS) is 13.0. The van der Waals surface area contributed by atoms with E-state index in [1.807, 2.05) is 31.2 Å². The molecule has 1 heterocycles. The molecule has 0 spiro atoms. The van der Waals surface area contributed by atoms with Crippen LogP contribution in [0.5, 0.6) is 0 Å². The summed E-state index contributed by atoms with van der Waals surface area (Å²) in [6.45, 7) is 1.66. The Morgan fingerprint density at radius 1 is 1.17 bits per heavy atom. The first-order valence-electron chi connectivity index (χ1n) is 8.83. The highest BCUT2D eigenvalue weighted by atomic mass is 32.2. The molecule has 1 unspecified atom stereocenters. The number of halogens is 4. The zero-order valence-corrected chi connectivity index (χ0v) is 17.1. The molecular formula is C20H19F4NO2S2. The summed E-state index contributed by atoms with van der Waals surface area (Å²) >= 11 is 1.40. The van der Waals surface area contributed by atoms with Crippen molar-refractivity contribution in [2.24, 2.45) is 0 Å². The van der Waals surface area contributed by atoms with Crippen molar-refractivity contribution in [2.45, 2.75) is 26.1 Å². The average molecular weight is 446 g/mol. The molecule has 1 atom stereocenters. The average Bonchev–Trinajstić information content (AvgIpc) is 3.01. The third-order valence-corrected chi connectivity index (χ3v) is 7.28. The van der Waals surface area contributed by atoms with Crippen LogP contribution in [0.25, 0.3) is 10.1 Å². The fourth-order valence-electron chi connectivity index (χ4n) is 2.99. The van der Waals surface area contributed by atoms with Gasteiger partial charge >= 0.3 is 6.18 Å². The highest BCUT2D eigenvalue weighted by molar-refractivity contribution is 7.86. The van der Waals surface area contributed by atoms with Crippen LogP contribution in [-0.4, -0.2) is 21.7 Å². The minimum atomic E-state index is -4.81. The Morgan fingerprint density at radius 3 is 2.55 bits per heavy atom. The van der Waals surface area contributed by atoms with Crippen LogP contribution in [0.1, 0.15) is 23.1 Å². The predicted molar refractivity (Wildman–Crippen MR) is 109 cm³/mol. The van der Waals surface area contributed by atoms with Gasteiger partial charge in [-0.3, -0.25) is 4.31 Å². The summed E-state index contributed by atoms with van der Waals surface area (Å²) in [5.74, 6) is -1.18. The van der Waals surface area contributed by atoms with Gasteiger partial charge in [0.05, 0.1) is 12.1 Å². The van der Waals surface area contributed by atoms with Crippen LogP contribution in [0.4, 0.5) is 22.6 Å². The number of benzene rings is 2. The van der Waals surface area contributed by atoms with E-state index >= 15 is 0 Å². The minimum absolute atomic E-state index is 0.0743. The van der Waals surface area contributed by atoms with Crippen molar-refractivity contribution in [1.82, 2.24) is 0 Å². The summed E-state index contributed by atoms with van der Waals surface area (Å²) in [5, 5.41) is 10.7. The third-order valence-electron chi connectivity index (χ3n) is 4.43. The second-order valence-corrected chi connectivity index (χ2v) is 9.00. The zero-order chi connectivity index (χ0) is 21.2. The molecule has 3 nitrogen and oxygen atoms in total. The standard InChI is InChI=1S/C20H19F4NO2S2/c1-13-15-5-2-3-6-18(15)28-19(13)25(29(27)10-4-9-26)12-14-7-8-17(21)16(11-14)20(22,23)24/h2-3,5-8,11,26H,4,9-10,12H2,1H3. The molecule has 1 aromatic heterocycles. The number of alkyl halides is 3. The van der Waals surface area contributed by atoms with Gasteiger partial charge in [0.15, 0.2) is 0 Å². The highest BCUT2D eigenvalue weighted by Crippen LogP contribution is 2.39. The monoisotopic (exact) mass is 445 g/mol. The Morgan fingerprint density at radius 2 is 1.90 bits per heavy atom. The molecule has 29 heavy (non-hydrogen) atoms. The van der Waals surface area contributed by atoms with Crippen molar-refractivity contribution < 1.29 is 26.9 Å².